The Bertz CT molecular complexity index is 1630. The highest BCUT2D eigenvalue weighted by molar-refractivity contribution is 7.91. The summed E-state index contributed by atoms with van der Waals surface area (Å²) in [4.78, 5) is 15.5. The molecule has 1 N–H and O–H groups in total. The summed E-state index contributed by atoms with van der Waals surface area (Å²) in [5.74, 6) is -0.0324. The Hall–Kier alpha value is -3.07. The second kappa shape index (κ2) is 11.3. The van der Waals surface area contributed by atoms with Gasteiger partial charge in [-0.05, 0) is 98.2 Å². The Morgan fingerprint density at radius 1 is 1.05 bits per heavy atom. The van der Waals surface area contributed by atoms with E-state index in [9.17, 15) is 18.3 Å². The van der Waals surface area contributed by atoms with Gasteiger partial charge in [0.05, 0.1) is 46.8 Å². The molecule has 9 heteroatoms. The monoisotopic (exact) mass is 600 g/mol. The predicted molar refractivity (Wildman–Crippen MR) is 161 cm³/mol. The molecule has 2 aliphatic heterocycles. The number of amides is 1. The van der Waals surface area contributed by atoms with Gasteiger partial charge in [0, 0.05) is 10.7 Å². The van der Waals surface area contributed by atoms with Gasteiger partial charge in [-0.25, -0.2) is 8.42 Å². The van der Waals surface area contributed by atoms with E-state index >= 15 is 0 Å². The van der Waals surface area contributed by atoms with Gasteiger partial charge in [0.2, 0.25) is 5.91 Å². The van der Waals surface area contributed by atoms with E-state index in [1.165, 1.54) is 0 Å². The molecule has 1 saturated heterocycles. The lowest BCUT2D eigenvalue weighted by atomic mass is 9.79. The van der Waals surface area contributed by atoms with Gasteiger partial charge in [-0.2, -0.15) is 0 Å². The molecule has 7 nitrogen and oxygen atoms in total. The minimum Gasteiger partial charge on any atom is -0.493 e. The van der Waals surface area contributed by atoms with Crippen molar-refractivity contribution in [2.45, 2.75) is 57.8 Å². The number of sulfone groups is 1. The molecule has 5 rings (SSSR count). The second-order valence-corrected chi connectivity index (χ2v) is 14.0. The van der Waals surface area contributed by atoms with Crippen molar-refractivity contribution in [1.82, 2.24) is 0 Å². The Balaban J connectivity index is 1.57. The first-order valence-electron chi connectivity index (χ1n) is 15.2. The molecule has 0 bridgehead atoms. The van der Waals surface area contributed by atoms with Crippen LogP contribution < -0.4 is 14.4 Å². The van der Waals surface area contributed by atoms with Crippen LogP contribution in [-0.4, -0.2) is 44.1 Å². The zero-order valence-corrected chi connectivity index (χ0v) is 24.8. The van der Waals surface area contributed by atoms with Crippen molar-refractivity contribution >= 4 is 33.0 Å². The molecule has 2 aliphatic rings. The third-order valence-electron chi connectivity index (χ3n) is 8.11. The van der Waals surface area contributed by atoms with Crippen molar-refractivity contribution in [2.75, 3.05) is 23.4 Å². The highest BCUT2D eigenvalue weighted by Gasteiger charge is 2.39. The molecule has 3 aromatic rings. The Morgan fingerprint density at radius 3 is 2.32 bits per heavy atom. The minimum atomic E-state index is -3.08. The van der Waals surface area contributed by atoms with E-state index in [-0.39, 0.29) is 47.4 Å². The van der Waals surface area contributed by atoms with Crippen LogP contribution in [0.5, 0.6) is 11.5 Å². The lowest BCUT2D eigenvalue weighted by molar-refractivity contribution is -0.118. The van der Waals surface area contributed by atoms with E-state index in [0.717, 1.165) is 11.1 Å². The van der Waals surface area contributed by atoms with E-state index in [1.54, 1.807) is 60.4 Å². The van der Waals surface area contributed by atoms with Gasteiger partial charge in [-0.1, -0.05) is 35.9 Å². The maximum absolute atomic E-state index is 13.9. The fourth-order valence-corrected chi connectivity index (χ4v) is 7.51. The Morgan fingerprint density at radius 2 is 1.71 bits per heavy atom. The molecule has 218 valence electrons. The van der Waals surface area contributed by atoms with Crippen LogP contribution >= 0.6 is 11.6 Å². The maximum Gasteiger partial charge on any atom is 0.232 e. The molecule has 1 fully saturated rings. The molecule has 0 saturated carbocycles. The van der Waals surface area contributed by atoms with Crippen LogP contribution in [0.15, 0.2) is 60.7 Å². The van der Waals surface area contributed by atoms with Gasteiger partial charge >= 0.3 is 0 Å². The number of carbonyl (C=O) groups excluding carboxylic acids is 1. The average molecular weight is 601 g/mol. The van der Waals surface area contributed by atoms with Gasteiger partial charge in [0.15, 0.2) is 11.5 Å². The molecule has 2 atom stereocenters. The third kappa shape index (κ3) is 5.96. The quantitative estimate of drug-likeness (QED) is 0.366. The second-order valence-electron chi connectivity index (χ2n) is 11.3. The number of nitrogens with zero attached hydrogens (tertiary/aromatic N) is 1. The molecule has 2 heterocycles. The van der Waals surface area contributed by atoms with Crippen molar-refractivity contribution in [2.24, 2.45) is 5.92 Å². The van der Waals surface area contributed by atoms with Crippen molar-refractivity contribution in [3.05, 3.63) is 87.9 Å². The van der Waals surface area contributed by atoms with Crippen LogP contribution in [0, 0.1) is 5.92 Å². The maximum atomic E-state index is 13.9. The predicted octanol–water partition coefficient (Wildman–Crippen LogP) is 5.85. The summed E-state index contributed by atoms with van der Waals surface area (Å²) in [5.41, 5.74) is 2.14. The standard InChI is InChI=1S/C32H36ClNO6S/c1-20(2)40-29-19-27-22(17-28(29)39-4)18-30(35)34(31(27)21-5-9-25(33)10-6-21)26-11-7-23(8-12-26)32(3,36)24-13-15-41(37,38)16-14-24/h5-12,17,19-20,24,31,36H,13-16,18H2,1-4H3/t31-,32?/m0/s1/i4D3. The minimum absolute atomic E-state index is 0.00520. The van der Waals surface area contributed by atoms with Gasteiger partial charge in [0.25, 0.3) is 0 Å². The Kier molecular flexibility index (Phi) is 7.07. The van der Waals surface area contributed by atoms with Crippen LogP contribution in [0.2, 0.25) is 5.02 Å². The number of fused-ring (bicyclic) bond motifs is 1. The number of anilines is 1. The first-order chi connectivity index (χ1) is 20.5. The van der Waals surface area contributed by atoms with E-state index in [0.29, 0.717) is 34.7 Å². The molecule has 3 aromatic carbocycles. The van der Waals surface area contributed by atoms with Crippen LogP contribution in [-0.2, 0) is 26.7 Å². The van der Waals surface area contributed by atoms with Gasteiger partial charge in [0.1, 0.15) is 9.84 Å². The molecule has 0 aliphatic carbocycles. The molecule has 1 amide bonds. The smallest absolute Gasteiger partial charge is 0.232 e. The van der Waals surface area contributed by atoms with E-state index in [4.69, 9.17) is 25.2 Å². The largest absolute Gasteiger partial charge is 0.493 e. The molecule has 0 radical (unpaired) electrons. The first kappa shape index (κ1) is 25.6. The third-order valence-corrected chi connectivity index (χ3v) is 10.1. The summed E-state index contributed by atoms with van der Waals surface area (Å²) in [6.07, 6.45) is 0.484. The zero-order valence-electron chi connectivity index (χ0n) is 26.3. The zero-order chi connectivity index (χ0) is 32.0. The van der Waals surface area contributed by atoms with Gasteiger partial charge < -0.3 is 19.5 Å². The summed E-state index contributed by atoms with van der Waals surface area (Å²) < 4.78 is 58.1. The number of hydrogen-bond acceptors (Lipinski definition) is 6. The number of ether oxygens (including phenoxy) is 2. The lowest BCUT2D eigenvalue weighted by Crippen LogP contribution is -2.41. The van der Waals surface area contributed by atoms with Gasteiger partial charge in [-0.15, -0.1) is 0 Å². The number of rotatable bonds is 7. The summed E-state index contributed by atoms with van der Waals surface area (Å²) in [5, 5.41) is 12.0. The number of carbonyl (C=O) groups is 1. The molecule has 0 aromatic heterocycles. The van der Waals surface area contributed by atoms with Crippen LogP contribution in [0.1, 0.15) is 66.0 Å². The SMILES string of the molecule is [2H]C([2H])([2H])Oc1cc2c(cc1OC(C)C)[C@H](c1ccc(Cl)cc1)N(c1ccc(C(C)(O)C3CCS(=O)(=O)CC3)cc1)C(=O)C2. The van der Waals surface area contributed by atoms with Crippen molar-refractivity contribution in [3.63, 3.8) is 0 Å². The summed E-state index contributed by atoms with van der Waals surface area (Å²) in [6, 6.07) is 17.0. The van der Waals surface area contributed by atoms with E-state index < -0.39 is 28.5 Å². The Labute approximate surface area is 251 Å². The molecule has 41 heavy (non-hydrogen) atoms. The highest BCUT2D eigenvalue weighted by atomic mass is 35.5. The normalized spacial score (nSPS) is 21.8. The fraction of sp³-hybridized carbons (Fsp3) is 0.406. The fourth-order valence-electron chi connectivity index (χ4n) is 5.90. The summed E-state index contributed by atoms with van der Waals surface area (Å²) in [6.45, 7) is 5.36. The molecule has 0 spiro atoms. The number of halogens is 1. The molecule has 1 unspecified atom stereocenters. The number of hydrogen-bond donors (Lipinski definition) is 1. The van der Waals surface area contributed by atoms with Crippen molar-refractivity contribution in [1.29, 1.82) is 0 Å². The van der Waals surface area contributed by atoms with E-state index in [1.807, 2.05) is 26.0 Å². The van der Waals surface area contributed by atoms with Crippen molar-refractivity contribution < 1.29 is 31.9 Å². The van der Waals surface area contributed by atoms with Crippen molar-refractivity contribution in [3.8, 4) is 11.5 Å². The summed E-state index contributed by atoms with van der Waals surface area (Å²) >= 11 is 6.21. The van der Waals surface area contributed by atoms with Gasteiger partial charge in [-0.3, -0.25) is 4.79 Å². The first-order valence-corrected chi connectivity index (χ1v) is 15.9. The highest BCUT2D eigenvalue weighted by Crippen LogP contribution is 2.44. The number of benzene rings is 3. The van der Waals surface area contributed by atoms with E-state index in [2.05, 4.69) is 0 Å². The number of aliphatic hydroxyl groups is 1. The van der Waals surface area contributed by atoms with Crippen LogP contribution in [0.4, 0.5) is 5.69 Å². The molecular weight excluding hydrogens is 562 g/mol. The van der Waals surface area contributed by atoms with Crippen LogP contribution in [0.25, 0.3) is 0 Å². The van der Waals surface area contributed by atoms with Crippen LogP contribution in [0.3, 0.4) is 0 Å². The average Bonchev–Trinajstić information content (AvgIpc) is 2.92. The number of methoxy groups -OCH3 is 1. The lowest BCUT2D eigenvalue weighted by Gasteiger charge is -2.39. The molecular formula is C32H36ClNO6S. The summed E-state index contributed by atoms with van der Waals surface area (Å²) in [7, 11) is -5.79. The topological polar surface area (TPSA) is 93.1 Å².